The van der Waals surface area contributed by atoms with Crippen LogP contribution in [0.3, 0.4) is 0 Å². The molecule has 0 aromatic carbocycles. The maximum absolute atomic E-state index is 10.7. The van der Waals surface area contributed by atoms with Crippen molar-refractivity contribution in [2.45, 2.75) is 33.6 Å². The SMILES string of the molecule is Cc1oc(=O)oc1[C@@H](C)C(C)C. The Hall–Kier alpha value is -0.990. The highest BCUT2D eigenvalue weighted by Crippen LogP contribution is 2.25. The van der Waals surface area contributed by atoms with Gasteiger partial charge in [-0.25, -0.2) is 4.79 Å². The van der Waals surface area contributed by atoms with E-state index in [9.17, 15) is 4.79 Å². The number of rotatable bonds is 2. The van der Waals surface area contributed by atoms with Gasteiger partial charge in [-0.05, 0) is 12.8 Å². The summed E-state index contributed by atoms with van der Waals surface area (Å²) >= 11 is 0. The molecule has 0 saturated heterocycles. The minimum Gasteiger partial charge on any atom is -0.396 e. The summed E-state index contributed by atoms with van der Waals surface area (Å²) in [4.78, 5) is 10.7. The van der Waals surface area contributed by atoms with Gasteiger partial charge in [-0.2, -0.15) is 0 Å². The summed E-state index contributed by atoms with van der Waals surface area (Å²) in [5.41, 5.74) is 0. The first kappa shape index (κ1) is 9.10. The number of aryl methyl sites for hydroxylation is 1. The van der Waals surface area contributed by atoms with Crippen LogP contribution in [-0.2, 0) is 0 Å². The van der Waals surface area contributed by atoms with Crippen molar-refractivity contribution in [3.63, 3.8) is 0 Å². The van der Waals surface area contributed by atoms with Crippen molar-refractivity contribution in [3.8, 4) is 0 Å². The highest BCUT2D eigenvalue weighted by molar-refractivity contribution is 5.07. The van der Waals surface area contributed by atoms with Crippen molar-refractivity contribution >= 4 is 0 Å². The largest absolute Gasteiger partial charge is 0.519 e. The van der Waals surface area contributed by atoms with Gasteiger partial charge in [-0.3, -0.25) is 0 Å². The molecular weight excluding hydrogens is 156 g/mol. The Bertz CT molecular complexity index is 306. The Morgan fingerprint density at radius 2 is 1.75 bits per heavy atom. The molecule has 0 N–H and O–H groups in total. The number of hydrogen-bond donors (Lipinski definition) is 0. The Kier molecular flexibility index (Phi) is 2.40. The third kappa shape index (κ3) is 1.60. The molecule has 0 bridgehead atoms. The van der Waals surface area contributed by atoms with Gasteiger partial charge < -0.3 is 8.83 Å². The van der Waals surface area contributed by atoms with Crippen LogP contribution in [-0.4, -0.2) is 0 Å². The first-order valence-electron chi connectivity index (χ1n) is 4.12. The first-order chi connectivity index (χ1) is 5.52. The van der Waals surface area contributed by atoms with Gasteiger partial charge in [0.15, 0.2) is 5.76 Å². The molecule has 0 aliphatic heterocycles. The molecule has 68 valence electrons. The number of hydrogen-bond acceptors (Lipinski definition) is 3. The zero-order valence-corrected chi connectivity index (χ0v) is 7.88. The molecule has 0 aliphatic carbocycles. The van der Waals surface area contributed by atoms with Crippen molar-refractivity contribution in [2.75, 3.05) is 0 Å². The van der Waals surface area contributed by atoms with Gasteiger partial charge in [0.05, 0.1) is 0 Å². The predicted octanol–water partition coefficient (Wildman–Crippen LogP) is 2.30. The van der Waals surface area contributed by atoms with E-state index in [0.717, 1.165) is 0 Å². The van der Waals surface area contributed by atoms with E-state index in [-0.39, 0.29) is 5.92 Å². The fraction of sp³-hybridized carbons (Fsp3) is 0.667. The fourth-order valence-corrected chi connectivity index (χ4v) is 1.07. The standard InChI is InChI=1S/C9H14O3/c1-5(2)6(3)8-7(4)11-9(10)12-8/h5-6H,1-4H3/t6-/m0/s1. The molecule has 3 heteroatoms. The van der Waals surface area contributed by atoms with Gasteiger partial charge in [-0.1, -0.05) is 20.8 Å². The van der Waals surface area contributed by atoms with Crippen LogP contribution in [0, 0.1) is 12.8 Å². The summed E-state index contributed by atoms with van der Waals surface area (Å²) in [6, 6.07) is 0. The lowest BCUT2D eigenvalue weighted by Crippen LogP contribution is -2.02. The Morgan fingerprint density at radius 1 is 1.17 bits per heavy atom. The highest BCUT2D eigenvalue weighted by Gasteiger charge is 2.18. The second-order valence-corrected chi connectivity index (χ2v) is 3.41. The lowest BCUT2D eigenvalue weighted by molar-refractivity contribution is 0.350. The van der Waals surface area contributed by atoms with Crippen LogP contribution in [0.1, 0.15) is 38.2 Å². The molecule has 1 aromatic rings. The molecule has 0 spiro atoms. The molecule has 3 nitrogen and oxygen atoms in total. The average molecular weight is 170 g/mol. The van der Waals surface area contributed by atoms with Crippen molar-refractivity contribution in [1.29, 1.82) is 0 Å². The lowest BCUT2D eigenvalue weighted by atomic mass is 9.95. The molecule has 0 amide bonds. The minimum absolute atomic E-state index is 0.233. The van der Waals surface area contributed by atoms with E-state index in [0.29, 0.717) is 17.4 Å². The molecule has 0 fully saturated rings. The fourth-order valence-electron chi connectivity index (χ4n) is 1.07. The van der Waals surface area contributed by atoms with Gasteiger partial charge in [0.1, 0.15) is 5.76 Å². The predicted molar refractivity (Wildman–Crippen MR) is 45.2 cm³/mol. The highest BCUT2D eigenvalue weighted by atomic mass is 16.6. The lowest BCUT2D eigenvalue weighted by Gasteiger charge is -2.11. The average Bonchev–Trinajstić information content (AvgIpc) is 2.28. The summed E-state index contributed by atoms with van der Waals surface area (Å²) in [7, 11) is 0. The molecule has 0 unspecified atom stereocenters. The molecule has 0 radical (unpaired) electrons. The van der Waals surface area contributed by atoms with Crippen molar-refractivity contribution in [2.24, 2.45) is 5.92 Å². The maximum Gasteiger partial charge on any atom is 0.519 e. The van der Waals surface area contributed by atoms with E-state index >= 15 is 0 Å². The topological polar surface area (TPSA) is 43.4 Å². The summed E-state index contributed by atoms with van der Waals surface area (Å²) < 4.78 is 9.68. The Morgan fingerprint density at radius 3 is 2.08 bits per heavy atom. The van der Waals surface area contributed by atoms with Crippen molar-refractivity contribution < 1.29 is 8.83 Å². The van der Waals surface area contributed by atoms with Crippen LogP contribution in [0.2, 0.25) is 0 Å². The van der Waals surface area contributed by atoms with Gasteiger partial charge >= 0.3 is 5.82 Å². The van der Waals surface area contributed by atoms with Crippen LogP contribution >= 0.6 is 0 Å². The zero-order valence-electron chi connectivity index (χ0n) is 7.88. The van der Waals surface area contributed by atoms with E-state index < -0.39 is 5.82 Å². The minimum atomic E-state index is -0.602. The summed E-state index contributed by atoms with van der Waals surface area (Å²) in [5, 5.41) is 0. The van der Waals surface area contributed by atoms with Crippen LogP contribution in [0.4, 0.5) is 0 Å². The molecule has 0 aliphatic rings. The Labute approximate surface area is 71.4 Å². The third-order valence-electron chi connectivity index (χ3n) is 2.19. The van der Waals surface area contributed by atoms with Crippen LogP contribution < -0.4 is 5.82 Å². The summed E-state index contributed by atoms with van der Waals surface area (Å²) in [6.07, 6.45) is 0. The zero-order chi connectivity index (χ0) is 9.30. The van der Waals surface area contributed by atoms with Crippen molar-refractivity contribution in [3.05, 3.63) is 22.1 Å². The smallest absolute Gasteiger partial charge is 0.396 e. The first-order valence-corrected chi connectivity index (χ1v) is 4.12. The normalized spacial score (nSPS) is 13.8. The van der Waals surface area contributed by atoms with Crippen LogP contribution in [0.25, 0.3) is 0 Å². The van der Waals surface area contributed by atoms with E-state index in [1.807, 2.05) is 6.92 Å². The molecule has 1 atom stereocenters. The molecule has 0 saturated carbocycles. The van der Waals surface area contributed by atoms with Gasteiger partial charge in [0.25, 0.3) is 0 Å². The summed E-state index contributed by atoms with van der Waals surface area (Å²) in [5.74, 6) is 1.35. The van der Waals surface area contributed by atoms with Gasteiger partial charge in [0, 0.05) is 5.92 Å². The monoisotopic (exact) mass is 170 g/mol. The molecule has 1 heterocycles. The third-order valence-corrected chi connectivity index (χ3v) is 2.19. The molecule has 12 heavy (non-hydrogen) atoms. The van der Waals surface area contributed by atoms with E-state index in [1.165, 1.54) is 0 Å². The van der Waals surface area contributed by atoms with Crippen molar-refractivity contribution in [1.82, 2.24) is 0 Å². The van der Waals surface area contributed by atoms with Crippen LogP contribution in [0.15, 0.2) is 13.6 Å². The van der Waals surface area contributed by atoms with Crippen LogP contribution in [0.5, 0.6) is 0 Å². The second kappa shape index (κ2) is 3.17. The summed E-state index contributed by atoms with van der Waals surface area (Å²) in [6.45, 7) is 7.93. The Balaban J connectivity index is 3.02. The molecule has 1 aromatic heterocycles. The van der Waals surface area contributed by atoms with E-state index in [2.05, 4.69) is 13.8 Å². The molecule has 1 rings (SSSR count). The maximum atomic E-state index is 10.7. The second-order valence-electron chi connectivity index (χ2n) is 3.41. The molecular formula is C9H14O3. The van der Waals surface area contributed by atoms with E-state index in [4.69, 9.17) is 8.83 Å². The van der Waals surface area contributed by atoms with Gasteiger partial charge in [0.2, 0.25) is 0 Å². The van der Waals surface area contributed by atoms with Gasteiger partial charge in [-0.15, -0.1) is 0 Å². The van der Waals surface area contributed by atoms with E-state index in [1.54, 1.807) is 6.92 Å². The quantitative estimate of drug-likeness (QED) is 0.684.